The molecule has 2 aromatic carbocycles. The molecule has 0 spiro atoms. The molecule has 2 bridgehead atoms. The van der Waals surface area contributed by atoms with Gasteiger partial charge in [-0.3, -0.25) is 0 Å². The maximum Gasteiger partial charge on any atom is 0.494 e. The highest BCUT2D eigenvalue weighted by atomic mass is 16.7. The van der Waals surface area contributed by atoms with Crippen LogP contribution in [0.3, 0.4) is 0 Å². The number of hydrogen-bond acceptors (Lipinski definition) is 2. The smallest absolute Gasteiger partial charge is 0.399 e. The van der Waals surface area contributed by atoms with Crippen LogP contribution in [0.5, 0.6) is 0 Å². The van der Waals surface area contributed by atoms with Gasteiger partial charge in [-0.2, -0.15) is 0 Å². The Hall–Kier alpha value is -1.58. The normalized spacial score (nSPS) is 33.5. The summed E-state index contributed by atoms with van der Waals surface area (Å²) in [5, 5.41) is 0. The van der Waals surface area contributed by atoms with Crippen LogP contribution in [0.15, 0.2) is 54.6 Å². The Balaban J connectivity index is 1.31. The van der Waals surface area contributed by atoms with Crippen LogP contribution in [0.2, 0.25) is 0 Å². The molecule has 4 fully saturated rings. The molecule has 6 rings (SSSR count). The van der Waals surface area contributed by atoms with E-state index in [0.29, 0.717) is 10.8 Å². The maximum absolute atomic E-state index is 6.18. The minimum absolute atomic E-state index is 0.266. The van der Waals surface area contributed by atoms with Gasteiger partial charge in [-0.05, 0) is 74.4 Å². The minimum atomic E-state index is -0.285. The number of rotatable bonds is 3. The number of benzene rings is 2. The highest BCUT2D eigenvalue weighted by Crippen LogP contribution is 2.73. The Labute approximate surface area is 157 Å². The molecular formula is C23H27BO2. The fourth-order valence-electron chi connectivity index (χ4n) is 5.16. The largest absolute Gasteiger partial charge is 0.494 e. The van der Waals surface area contributed by atoms with Crippen molar-refractivity contribution in [3.05, 3.63) is 65.7 Å². The molecule has 1 saturated heterocycles. The molecule has 2 aromatic rings. The quantitative estimate of drug-likeness (QED) is 0.769. The Morgan fingerprint density at radius 1 is 0.654 bits per heavy atom. The van der Waals surface area contributed by atoms with Gasteiger partial charge in [0.1, 0.15) is 0 Å². The Bertz CT molecular complexity index is 802. The second kappa shape index (κ2) is 5.02. The van der Waals surface area contributed by atoms with Crippen LogP contribution in [-0.2, 0) is 20.1 Å². The summed E-state index contributed by atoms with van der Waals surface area (Å²) in [6.07, 6.45) is 3.87. The molecule has 0 radical (unpaired) electrons. The van der Waals surface area contributed by atoms with E-state index in [4.69, 9.17) is 9.31 Å². The van der Waals surface area contributed by atoms with Crippen LogP contribution in [0.1, 0.15) is 58.1 Å². The van der Waals surface area contributed by atoms with Crippen molar-refractivity contribution in [2.24, 2.45) is 0 Å². The van der Waals surface area contributed by atoms with Crippen molar-refractivity contribution < 1.29 is 9.31 Å². The van der Waals surface area contributed by atoms with Gasteiger partial charge in [-0.25, -0.2) is 0 Å². The SMILES string of the molecule is CC1(C)OB(c2ccc(C34CC(c5ccccc5)(C3)C4)cc2)OC1(C)C. The molecule has 0 atom stereocenters. The van der Waals surface area contributed by atoms with E-state index in [-0.39, 0.29) is 18.3 Å². The van der Waals surface area contributed by atoms with Crippen molar-refractivity contribution in [1.82, 2.24) is 0 Å². The predicted octanol–water partition coefficient (Wildman–Crippen LogP) is 4.36. The van der Waals surface area contributed by atoms with Gasteiger partial charge in [-0.15, -0.1) is 0 Å². The third-order valence-electron chi connectivity index (χ3n) is 7.46. The summed E-state index contributed by atoms with van der Waals surface area (Å²) in [7, 11) is -0.266. The first kappa shape index (κ1) is 16.6. The van der Waals surface area contributed by atoms with Crippen LogP contribution in [-0.4, -0.2) is 18.3 Å². The van der Waals surface area contributed by atoms with E-state index in [1.54, 1.807) is 0 Å². The Morgan fingerprint density at radius 3 is 1.62 bits per heavy atom. The van der Waals surface area contributed by atoms with E-state index in [0.717, 1.165) is 5.46 Å². The average Bonchev–Trinajstić information content (AvgIpc) is 2.75. The molecular weight excluding hydrogens is 319 g/mol. The molecule has 3 saturated carbocycles. The lowest BCUT2D eigenvalue weighted by Gasteiger charge is -2.71. The summed E-state index contributed by atoms with van der Waals surface area (Å²) in [6, 6.07) is 20.0. The van der Waals surface area contributed by atoms with E-state index >= 15 is 0 Å². The van der Waals surface area contributed by atoms with Gasteiger partial charge in [0.15, 0.2) is 0 Å². The summed E-state index contributed by atoms with van der Waals surface area (Å²) in [5.74, 6) is 0. The lowest BCUT2D eigenvalue weighted by molar-refractivity contribution is -0.0692. The molecule has 1 heterocycles. The first-order chi connectivity index (χ1) is 12.3. The molecule has 0 N–H and O–H groups in total. The maximum atomic E-state index is 6.18. The van der Waals surface area contributed by atoms with Crippen molar-refractivity contribution in [1.29, 1.82) is 0 Å². The van der Waals surface area contributed by atoms with Gasteiger partial charge < -0.3 is 9.31 Å². The van der Waals surface area contributed by atoms with E-state index in [2.05, 4.69) is 82.3 Å². The zero-order valence-electron chi connectivity index (χ0n) is 16.2. The fraction of sp³-hybridized carbons (Fsp3) is 0.478. The van der Waals surface area contributed by atoms with E-state index < -0.39 is 0 Å². The van der Waals surface area contributed by atoms with Crippen molar-refractivity contribution in [2.75, 3.05) is 0 Å². The molecule has 2 nitrogen and oxygen atoms in total. The first-order valence-corrected chi connectivity index (χ1v) is 9.77. The van der Waals surface area contributed by atoms with Crippen LogP contribution in [0.4, 0.5) is 0 Å². The van der Waals surface area contributed by atoms with E-state index in [9.17, 15) is 0 Å². The molecule has 26 heavy (non-hydrogen) atoms. The van der Waals surface area contributed by atoms with Crippen molar-refractivity contribution >= 4 is 12.6 Å². The third-order valence-corrected chi connectivity index (χ3v) is 7.46. The van der Waals surface area contributed by atoms with Crippen LogP contribution < -0.4 is 5.46 Å². The molecule has 0 amide bonds. The summed E-state index contributed by atoms with van der Waals surface area (Å²) in [6.45, 7) is 8.41. The van der Waals surface area contributed by atoms with Crippen LogP contribution in [0, 0.1) is 0 Å². The minimum Gasteiger partial charge on any atom is -0.399 e. The predicted molar refractivity (Wildman–Crippen MR) is 106 cm³/mol. The van der Waals surface area contributed by atoms with Crippen LogP contribution >= 0.6 is 0 Å². The fourth-order valence-corrected chi connectivity index (χ4v) is 5.16. The Morgan fingerprint density at radius 2 is 1.12 bits per heavy atom. The molecule has 0 aromatic heterocycles. The molecule has 1 aliphatic heterocycles. The van der Waals surface area contributed by atoms with Gasteiger partial charge in [0.25, 0.3) is 0 Å². The monoisotopic (exact) mass is 346 g/mol. The van der Waals surface area contributed by atoms with Crippen LogP contribution in [0.25, 0.3) is 0 Å². The summed E-state index contributed by atoms with van der Waals surface area (Å²) < 4.78 is 12.4. The zero-order chi connectivity index (χ0) is 18.2. The summed E-state index contributed by atoms with van der Waals surface area (Å²) in [4.78, 5) is 0. The molecule has 3 aliphatic carbocycles. The highest BCUT2D eigenvalue weighted by Gasteiger charge is 2.68. The van der Waals surface area contributed by atoms with Crippen molar-refractivity contribution in [3.63, 3.8) is 0 Å². The molecule has 0 unspecified atom stereocenters. The second-order valence-electron chi connectivity index (χ2n) is 9.67. The standard InChI is InChI=1S/C23H27BO2/c1-20(2)21(3,4)26-24(25-20)19-12-10-18(11-13-19)23-14-22(15-23,16-23)17-8-6-5-7-9-17/h5-13H,14-16H2,1-4H3. The lowest BCUT2D eigenvalue weighted by atomic mass is 9.32. The highest BCUT2D eigenvalue weighted by molar-refractivity contribution is 6.62. The molecule has 4 aliphatic rings. The first-order valence-electron chi connectivity index (χ1n) is 9.77. The van der Waals surface area contributed by atoms with Crippen molar-refractivity contribution in [3.8, 4) is 0 Å². The zero-order valence-corrected chi connectivity index (χ0v) is 16.2. The molecule has 3 heteroatoms. The summed E-state index contributed by atoms with van der Waals surface area (Å²) in [5.41, 5.74) is 4.41. The van der Waals surface area contributed by atoms with Gasteiger partial charge in [-0.1, -0.05) is 54.6 Å². The summed E-state index contributed by atoms with van der Waals surface area (Å²) >= 11 is 0. The third kappa shape index (κ3) is 2.14. The van der Waals surface area contributed by atoms with Gasteiger partial charge in [0.2, 0.25) is 0 Å². The van der Waals surface area contributed by atoms with Gasteiger partial charge >= 0.3 is 7.12 Å². The second-order valence-corrected chi connectivity index (χ2v) is 9.67. The lowest BCUT2D eigenvalue weighted by Crippen LogP contribution is -2.67. The average molecular weight is 346 g/mol. The van der Waals surface area contributed by atoms with Gasteiger partial charge in [0, 0.05) is 0 Å². The molecule has 134 valence electrons. The van der Waals surface area contributed by atoms with Gasteiger partial charge in [0.05, 0.1) is 11.2 Å². The number of hydrogen-bond donors (Lipinski definition) is 0. The van der Waals surface area contributed by atoms with E-state index in [1.165, 1.54) is 30.4 Å². The Kier molecular flexibility index (Phi) is 3.20. The topological polar surface area (TPSA) is 18.5 Å². The van der Waals surface area contributed by atoms with E-state index in [1.807, 2.05) is 0 Å². The van der Waals surface area contributed by atoms with Crippen molar-refractivity contribution in [2.45, 2.75) is 69.0 Å².